The average Bonchev–Trinajstić information content (AvgIpc) is 4.14. The normalized spacial score (nSPS) is 19.3. The molecule has 1 aromatic carbocycles. The molecule has 3 fully saturated rings. The molecule has 3 aromatic heterocycles. The Morgan fingerprint density at radius 2 is 1.88 bits per heavy atom. The van der Waals surface area contributed by atoms with E-state index < -0.39 is 23.4 Å². The van der Waals surface area contributed by atoms with Gasteiger partial charge >= 0.3 is 0 Å². The van der Waals surface area contributed by atoms with E-state index in [9.17, 15) is 24.4 Å². The zero-order chi connectivity index (χ0) is 47.3. The van der Waals surface area contributed by atoms with Gasteiger partial charge in [0.05, 0.1) is 40.7 Å². The van der Waals surface area contributed by atoms with E-state index in [1.807, 2.05) is 25.3 Å². The van der Waals surface area contributed by atoms with Crippen molar-refractivity contribution >= 4 is 45.9 Å². The van der Waals surface area contributed by atoms with E-state index in [0.717, 1.165) is 83.2 Å². The topological polar surface area (TPSA) is 171 Å². The van der Waals surface area contributed by atoms with Crippen molar-refractivity contribution in [2.24, 2.45) is 24.3 Å². The van der Waals surface area contributed by atoms with Crippen LogP contribution >= 0.6 is 11.3 Å². The van der Waals surface area contributed by atoms with Crippen molar-refractivity contribution in [3.05, 3.63) is 58.2 Å². The van der Waals surface area contributed by atoms with E-state index >= 15 is 0 Å². The standard InChI is InChI=1S/C50H66N8O7S/c1-9-14-43(59)57-24-21-35(28-57)48(61)56(7)45(33-16-10-11-17-33)47(60)53-39(49(62)58-23-13-15-31(2)54-58)26-42-52-40(29-66-42)34-19-20-41-37(25-34)38(27-50(4,5)30-65-63)46(55(41)6)36-18-12-22-51-44(36)32(3)64-8/h12,18-20,22,25,29,31-33,35,39,45,54,63H,10-11,13,15-17,21,23-24,26-28,30H2,1-8H3,(H,53,60)/t31-,32+,35+,39+,45+/m1/s1. The number of hydrogen-bond acceptors (Lipinski definition) is 11. The molecule has 16 heteroatoms. The molecule has 0 unspecified atom stereocenters. The van der Waals surface area contributed by atoms with Crippen LogP contribution in [0.2, 0.25) is 0 Å². The van der Waals surface area contributed by atoms with Gasteiger partial charge < -0.3 is 24.4 Å². The first-order valence-corrected chi connectivity index (χ1v) is 24.2. The summed E-state index contributed by atoms with van der Waals surface area (Å²) in [6, 6.07) is 8.67. The van der Waals surface area contributed by atoms with Gasteiger partial charge in [-0.25, -0.2) is 15.3 Å². The van der Waals surface area contributed by atoms with Crippen LogP contribution < -0.4 is 10.7 Å². The van der Waals surface area contributed by atoms with Crippen LogP contribution in [0.25, 0.3) is 33.4 Å². The average molecular weight is 923 g/mol. The lowest BCUT2D eigenvalue weighted by Gasteiger charge is -2.37. The number of methoxy groups -OCH3 is 1. The molecule has 354 valence electrons. The van der Waals surface area contributed by atoms with E-state index in [1.165, 1.54) is 11.3 Å². The third-order valence-electron chi connectivity index (χ3n) is 13.7. The number of hydrogen-bond donors (Lipinski definition) is 3. The Labute approximate surface area is 392 Å². The van der Waals surface area contributed by atoms with Gasteiger partial charge in [-0.15, -0.1) is 11.3 Å². The highest BCUT2D eigenvalue weighted by molar-refractivity contribution is 7.10. The summed E-state index contributed by atoms with van der Waals surface area (Å²) in [5.41, 5.74) is 9.40. The van der Waals surface area contributed by atoms with Crippen molar-refractivity contribution in [2.45, 2.75) is 117 Å². The molecule has 66 heavy (non-hydrogen) atoms. The number of nitrogens with one attached hydrogen (secondary N) is 2. The Hall–Kier alpha value is -5.18. The smallest absolute Gasteiger partial charge is 0.298 e. The number of likely N-dealkylation sites (tertiary alicyclic amines) is 1. The van der Waals surface area contributed by atoms with Gasteiger partial charge in [-0.05, 0) is 106 Å². The molecule has 15 nitrogen and oxygen atoms in total. The number of ether oxygens (including phenoxy) is 1. The SMILES string of the molecule is CC#CC(=O)N1CC[C@H](C(=O)N(C)[C@H](C(=O)N[C@@H](Cc2nc(-c3ccc4c(c3)c(CC(C)(C)COO)c(-c3cccnc3[C@H](C)OC)n4C)cs2)C(=O)N2CCC[C@@H](C)N2)C2CCCC2)C1. The Morgan fingerprint density at radius 1 is 1.11 bits per heavy atom. The fraction of sp³-hybridized carbons (Fsp3) is 0.560. The molecule has 2 saturated heterocycles. The third kappa shape index (κ3) is 10.7. The molecule has 5 heterocycles. The molecule has 7 rings (SSSR count). The van der Waals surface area contributed by atoms with Crippen LogP contribution in [-0.2, 0) is 48.7 Å². The van der Waals surface area contributed by atoms with Gasteiger partial charge in [-0.1, -0.05) is 38.7 Å². The summed E-state index contributed by atoms with van der Waals surface area (Å²) >= 11 is 1.44. The Morgan fingerprint density at radius 3 is 2.59 bits per heavy atom. The number of amides is 4. The Balaban J connectivity index is 1.20. The molecule has 4 aromatic rings. The summed E-state index contributed by atoms with van der Waals surface area (Å²) in [6.45, 7) is 11.1. The zero-order valence-electron chi connectivity index (χ0n) is 39.7. The van der Waals surface area contributed by atoms with Crippen LogP contribution in [-0.4, -0.2) is 117 Å². The van der Waals surface area contributed by atoms with Gasteiger partial charge in [-0.3, -0.25) is 34.4 Å². The summed E-state index contributed by atoms with van der Waals surface area (Å²) in [5, 5.41) is 18.0. The van der Waals surface area contributed by atoms with Crippen molar-refractivity contribution in [2.75, 3.05) is 40.4 Å². The lowest BCUT2D eigenvalue weighted by Crippen LogP contribution is -2.61. The minimum Gasteiger partial charge on any atom is -0.375 e. The number of thiazole rings is 1. The van der Waals surface area contributed by atoms with E-state index in [-0.39, 0.29) is 61.3 Å². The van der Waals surface area contributed by atoms with Gasteiger partial charge in [0.2, 0.25) is 11.8 Å². The Bertz CT molecular complexity index is 2470. The zero-order valence-corrected chi connectivity index (χ0v) is 40.5. The highest BCUT2D eigenvalue weighted by atomic mass is 32.1. The molecule has 5 atom stereocenters. The van der Waals surface area contributed by atoms with Crippen molar-refractivity contribution in [1.82, 2.24) is 40.1 Å². The number of hydrazine groups is 1. The summed E-state index contributed by atoms with van der Waals surface area (Å²) in [6.07, 6.45) is 8.06. The quantitative estimate of drug-likeness (QED) is 0.0636. The van der Waals surface area contributed by atoms with Crippen molar-refractivity contribution < 1.29 is 34.1 Å². The molecule has 0 radical (unpaired) electrons. The van der Waals surface area contributed by atoms with E-state index in [0.29, 0.717) is 30.9 Å². The molecule has 1 saturated carbocycles. The predicted molar refractivity (Wildman–Crippen MR) is 255 cm³/mol. The van der Waals surface area contributed by atoms with Gasteiger partial charge in [0.1, 0.15) is 12.1 Å². The van der Waals surface area contributed by atoms with Crippen LogP contribution in [0.1, 0.15) is 102 Å². The molecule has 2 aliphatic heterocycles. The summed E-state index contributed by atoms with van der Waals surface area (Å²) in [7, 11) is 5.41. The maximum absolute atomic E-state index is 14.7. The number of aromatic nitrogens is 3. The minimum atomic E-state index is -0.946. The molecule has 3 N–H and O–H groups in total. The number of likely N-dealkylation sites (N-methyl/N-ethyl adjacent to an activating group) is 1. The number of benzene rings is 1. The van der Waals surface area contributed by atoms with Gasteiger partial charge in [0.15, 0.2) is 0 Å². The Kier molecular flexibility index (Phi) is 15.7. The first-order chi connectivity index (χ1) is 31.6. The first-order valence-electron chi connectivity index (χ1n) is 23.3. The van der Waals surface area contributed by atoms with Crippen LogP contribution in [0.15, 0.2) is 41.9 Å². The molecule has 0 bridgehead atoms. The molecule has 4 amide bonds. The van der Waals surface area contributed by atoms with Crippen LogP contribution in [0.4, 0.5) is 0 Å². The second-order valence-electron chi connectivity index (χ2n) is 19.2. The van der Waals surface area contributed by atoms with E-state index in [1.54, 1.807) is 42.1 Å². The van der Waals surface area contributed by atoms with Crippen molar-refractivity contribution in [3.63, 3.8) is 0 Å². The molecular formula is C50H66N8O7S. The van der Waals surface area contributed by atoms with Crippen molar-refractivity contribution in [3.8, 4) is 34.4 Å². The second-order valence-corrected chi connectivity index (χ2v) is 20.1. The number of nitrogens with zero attached hydrogens (tertiary/aromatic N) is 6. The number of carbonyl (C=O) groups excluding carboxylic acids is 4. The van der Waals surface area contributed by atoms with E-state index in [4.69, 9.17) is 19.6 Å². The minimum absolute atomic E-state index is 0.0624. The van der Waals surface area contributed by atoms with Gasteiger partial charge in [-0.2, -0.15) is 0 Å². The van der Waals surface area contributed by atoms with Crippen LogP contribution in [0.3, 0.4) is 0 Å². The van der Waals surface area contributed by atoms with Crippen LogP contribution in [0, 0.1) is 29.1 Å². The summed E-state index contributed by atoms with van der Waals surface area (Å²) < 4.78 is 7.94. The van der Waals surface area contributed by atoms with Gasteiger partial charge in [0, 0.05) is 86.9 Å². The number of aryl methyl sites for hydroxylation is 1. The highest BCUT2D eigenvalue weighted by Crippen LogP contribution is 2.41. The fourth-order valence-corrected chi connectivity index (χ4v) is 11.0. The monoisotopic (exact) mass is 922 g/mol. The lowest BCUT2D eigenvalue weighted by atomic mass is 9.84. The molecule has 0 spiro atoms. The number of fused-ring (bicyclic) bond motifs is 1. The number of pyridine rings is 1. The summed E-state index contributed by atoms with van der Waals surface area (Å²) in [4.78, 5) is 73.6. The maximum Gasteiger partial charge on any atom is 0.298 e. The molecule has 1 aliphatic carbocycles. The predicted octanol–water partition coefficient (Wildman–Crippen LogP) is 6.56. The highest BCUT2D eigenvalue weighted by Gasteiger charge is 2.42. The third-order valence-corrected chi connectivity index (χ3v) is 14.6. The number of carbonyl (C=O) groups is 4. The molecule has 3 aliphatic rings. The lowest BCUT2D eigenvalue weighted by molar-refractivity contribution is -0.259. The first kappa shape index (κ1) is 48.7. The molecular weight excluding hydrogens is 857 g/mol. The van der Waals surface area contributed by atoms with Crippen molar-refractivity contribution in [1.29, 1.82) is 0 Å². The van der Waals surface area contributed by atoms with Crippen LogP contribution in [0.5, 0.6) is 0 Å². The maximum atomic E-state index is 14.7. The number of rotatable bonds is 16. The fourth-order valence-electron chi connectivity index (χ4n) is 10.2. The second kappa shape index (κ2) is 21.2. The van der Waals surface area contributed by atoms with Gasteiger partial charge in [0.25, 0.3) is 11.8 Å². The van der Waals surface area contributed by atoms with E-state index in [2.05, 4.69) is 72.3 Å². The largest absolute Gasteiger partial charge is 0.375 e. The summed E-state index contributed by atoms with van der Waals surface area (Å²) in [5.74, 6) is 3.64.